The summed E-state index contributed by atoms with van der Waals surface area (Å²) in [5, 5.41) is 3.99. The van der Waals surface area contributed by atoms with E-state index >= 15 is 0 Å². The number of hydrogen-bond donors (Lipinski definition) is 1. The Labute approximate surface area is 124 Å². The lowest BCUT2D eigenvalue weighted by Crippen LogP contribution is -2.18. The van der Waals surface area contributed by atoms with Gasteiger partial charge < -0.3 is 10.1 Å². The summed E-state index contributed by atoms with van der Waals surface area (Å²) in [5.74, 6) is 1.47. The van der Waals surface area contributed by atoms with E-state index in [9.17, 15) is 0 Å². The Kier molecular flexibility index (Phi) is 4.99. The quantitative estimate of drug-likeness (QED) is 0.880. The molecule has 0 radical (unpaired) electrons. The molecule has 1 atom stereocenters. The highest BCUT2D eigenvalue weighted by Crippen LogP contribution is 2.27. The summed E-state index contributed by atoms with van der Waals surface area (Å²) >= 11 is 5.98. The standard InChI is InChI=1S/C16H19ClN2O/c1-4-18-12(3)15-8-7-14(10-19-15)20-16-9-13(17)6-5-11(16)2/h5-10,12,18H,4H2,1-3H3. The number of nitrogens with one attached hydrogen (secondary N) is 1. The Morgan fingerprint density at radius 1 is 1.30 bits per heavy atom. The van der Waals surface area contributed by atoms with Crippen molar-refractivity contribution in [3.63, 3.8) is 0 Å². The predicted molar refractivity (Wildman–Crippen MR) is 82.6 cm³/mol. The number of halogens is 1. The summed E-state index contributed by atoms with van der Waals surface area (Å²) in [6.45, 7) is 7.08. The highest BCUT2D eigenvalue weighted by Gasteiger charge is 2.07. The van der Waals surface area contributed by atoms with Gasteiger partial charge in [0.15, 0.2) is 0 Å². The van der Waals surface area contributed by atoms with Crippen molar-refractivity contribution in [2.45, 2.75) is 26.8 Å². The Bertz CT molecular complexity index is 569. The fraction of sp³-hybridized carbons (Fsp3) is 0.312. The number of nitrogens with zero attached hydrogens (tertiary/aromatic N) is 1. The molecule has 106 valence electrons. The number of pyridine rings is 1. The molecule has 2 aromatic rings. The minimum absolute atomic E-state index is 0.238. The first-order valence-corrected chi connectivity index (χ1v) is 7.11. The molecule has 0 saturated carbocycles. The Morgan fingerprint density at radius 3 is 2.75 bits per heavy atom. The van der Waals surface area contributed by atoms with E-state index in [0.717, 1.165) is 23.6 Å². The van der Waals surface area contributed by atoms with Crippen molar-refractivity contribution in [3.8, 4) is 11.5 Å². The normalized spacial score (nSPS) is 12.2. The molecular weight excluding hydrogens is 272 g/mol. The summed E-state index contributed by atoms with van der Waals surface area (Å²) < 4.78 is 5.82. The van der Waals surface area contributed by atoms with Crippen molar-refractivity contribution in [1.29, 1.82) is 0 Å². The van der Waals surface area contributed by atoms with Gasteiger partial charge in [-0.1, -0.05) is 24.6 Å². The van der Waals surface area contributed by atoms with E-state index in [1.807, 2.05) is 37.3 Å². The van der Waals surface area contributed by atoms with Crippen molar-refractivity contribution in [1.82, 2.24) is 10.3 Å². The van der Waals surface area contributed by atoms with Crippen LogP contribution in [0, 0.1) is 6.92 Å². The SMILES string of the molecule is CCNC(C)c1ccc(Oc2cc(Cl)ccc2C)cn1. The minimum atomic E-state index is 0.238. The number of aryl methyl sites for hydroxylation is 1. The van der Waals surface area contributed by atoms with Gasteiger partial charge in [0, 0.05) is 11.1 Å². The molecule has 0 fully saturated rings. The number of hydrogen-bond acceptors (Lipinski definition) is 3. The molecule has 1 unspecified atom stereocenters. The minimum Gasteiger partial charge on any atom is -0.455 e. The number of ether oxygens (including phenoxy) is 1. The molecule has 20 heavy (non-hydrogen) atoms. The van der Waals surface area contributed by atoms with Gasteiger partial charge >= 0.3 is 0 Å². The van der Waals surface area contributed by atoms with E-state index in [4.69, 9.17) is 16.3 Å². The van der Waals surface area contributed by atoms with E-state index in [2.05, 4.69) is 24.1 Å². The largest absolute Gasteiger partial charge is 0.455 e. The van der Waals surface area contributed by atoms with Crippen molar-refractivity contribution in [2.24, 2.45) is 0 Å². The van der Waals surface area contributed by atoms with Gasteiger partial charge in [-0.15, -0.1) is 0 Å². The molecule has 0 aliphatic heterocycles. The first-order chi connectivity index (χ1) is 9.60. The van der Waals surface area contributed by atoms with Crippen LogP contribution in [0.3, 0.4) is 0 Å². The van der Waals surface area contributed by atoms with Crippen LogP contribution in [0.1, 0.15) is 31.1 Å². The molecule has 0 bridgehead atoms. The van der Waals surface area contributed by atoms with Crippen LogP contribution in [-0.2, 0) is 0 Å². The summed E-state index contributed by atoms with van der Waals surface area (Å²) in [6.07, 6.45) is 1.74. The van der Waals surface area contributed by atoms with Gasteiger partial charge in [0.05, 0.1) is 11.9 Å². The van der Waals surface area contributed by atoms with Gasteiger partial charge in [0.25, 0.3) is 0 Å². The van der Waals surface area contributed by atoms with Crippen molar-refractivity contribution < 1.29 is 4.74 Å². The molecule has 0 saturated heterocycles. The zero-order valence-corrected chi connectivity index (χ0v) is 12.7. The summed E-state index contributed by atoms with van der Waals surface area (Å²) in [5.41, 5.74) is 2.04. The van der Waals surface area contributed by atoms with Crippen LogP contribution in [0.5, 0.6) is 11.5 Å². The maximum Gasteiger partial charge on any atom is 0.145 e. The summed E-state index contributed by atoms with van der Waals surface area (Å²) in [6, 6.07) is 9.74. The Balaban J connectivity index is 2.12. The zero-order chi connectivity index (χ0) is 14.5. The van der Waals surface area contributed by atoms with E-state index in [1.54, 1.807) is 6.20 Å². The lowest BCUT2D eigenvalue weighted by Gasteiger charge is -2.13. The molecule has 0 amide bonds. The van der Waals surface area contributed by atoms with E-state index in [-0.39, 0.29) is 6.04 Å². The smallest absolute Gasteiger partial charge is 0.145 e. The molecule has 1 aromatic carbocycles. The monoisotopic (exact) mass is 290 g/mol. The average Bonchev–Trinajstić information content (AvgIpc) is 2.44. The van der Waals surface area contributed by atoms with Gasteiger partial charge in [-0.25, -0.2) is 0 Å². The first kappa shape index (κ1) is 14.8. The highest BCUT2D eigenvalue weighted by atomic mass is 35.5. The van der Waals surface area contributed by atoms with Gasteiger partial charge in [-0.2, -0.15) is 0 Å². The lowest BCUT2D eigenvalue weighted by atomic mass is 10.2. The van der Waals surface area contributed by atoms with Crippen molar-refractivity contribution in [2.75, 3.05) is 6.54 Å². The van der Waals surface area contributed by atoms with Crippen LogP contribution >= 0.6 is 11.6 Å². The van der Waals surface area contributed by atoms with Gasteiger partial charge in [-0.3, -0.25) is 4.98 Å². The Hall–Kier alpha value is -1.58. The van der Waals surface area contributed by atoms with Crippen LogP contribution in [0.15, 0.2) is 36.5 Å². The van der Waals surface area contributed by atoms with Crippen molar-refractivity contribution >= 4 is 11.6 Å². The maximum atomic E-state index is 5.98. The van der Waals surface area contributed by atoms with Crippen molar-refractivity contribution in [3.05, 3.63) is 52.8 Å². The van der Waals surface area contributed by atoms with Gasteiger partial charge in [-0.05, 0) is 50.2 Å². The van der Waals surface area contributed by atoms with Crippen LogP contribution in [0.2, 0.25) is 5.02 Å². The predicted octanol–water partition coefficient (Wildman–Crippen LogP) is 4.51. The molecule has 0 aliphatic rings. The van der Waals surface area contributed by atoms with Gasteiger partial charge in [0.1, 0.15) is 11.5 Å². The molecular formula is C16H19ClN2O. The third-order valence-electron chi connectivity index (χ3n) is 3.09. The molecule has 1 N–H and O–H groups in total. The van der Waals surface area contributed by atoms with Crippen LogP contribution in [-0.4, -0.2) is 11.5 Å². The molecule has 3 nitrogen and oxygen atoms in total. The van der Waals surface area contributed by atoms with E-state index in [0.29, 0.717) is 10.8 Å². The van der Waals surface area contributed by atoms with Crippen LogP contribution in [0.25, 0.3) is 0 Å². The third-order valence-corrected chi connectivity index (χ3v) is 3.33. The molecule has 0 aliphatic carbocycles. The topological polar surface area (TPSA) is 34.1 Å². The van der Waals surface area contributed by atoms with Crippen LogP contribution in [0.4, 0.5) is 0 Å². The van der Waals surface area contributed by atoms with E-state index in [1.165, 1.54) is 0 Å². The number of benzene rings is 1. The summed E-state index contributed by atoms with van der Waals surface area (Å²) in [4.78, 5) is 4.42. The zero-order valence-electron chi connectivity index (χ0n) is 12.0. The lowest BCUT2D eigenvalue weighted by molar-refractivity contribution is 0.474. The van der Waals surface area contributed by atoms with Crippen LogP contribution < -0.4 is 10.1 Å². The number of rotatable bonds is 5. The second kappa shape index (κ2) is 6.73. The second-order valence-electron chi connectivity index (χ2n) is 4.71. The fourth-order valence-corrected chi connectivity index (χ4v) is 2.09. The second-order valence-corrected chi connectivity index (χ2v) is 5.15. The maximum absolute atomic E-state index is 5.98. The summed E-state index contributed by atoms with van der Waals surface area (Å²) in [7, 11) is 0. The highest BCUT2D eigenvalue weighted by molar-refractivity contribution is 6.30. The molecule has 1 heterocycles. The fourth-order valence-electron chi connectivity index (χ4n) is 1.93. The molecule has 2 rings (SSSR count). The Morgan fingerprint density at radius 2 is 2.10 bits per heavy atom. The first-order valence-electron chi connectivity index (χ1n) is 6.73. The van der Waals surface area contributed by atoms with E-state index < -0.39 is 0 Å². The molecule has 4 heteroatoms. The molecule has 0 spiro atoms. The average molecular weight is 291 g/mol. The number of aromatic nitrogens is 1. The van der Waals surface area contributed by atoms with Gasteiger partial charge in [0.2, 0.25) is 0 Å². The third kappa shape index (κ3) is 3.71. The molecule has 1 aromatic heterocycles.